The number of carboxylic acid groups (broad SMARTS) is 1. The molecule has 0 aromatic rings. The Morgan fingerprint density at radius 2 is 1.93 bits per heavy atom. The Morgan fingerprint density at radius 1 is 1.43 bits per heavy atom. The Labute approximate surface area is 86.4 Å². The molecule has 0 saturated carbocycles. The van der Waals surface area contributed by atoms with Crippen LogP contribution in [-0.2, 0) is 4.79 Å². The van der Waals surface area contributed by atoms with Crippen molar-refractivity contribution >= 4 is 5.97 Å². The highest BCUT2D eigenvalue weighted by Gasteiger charge is 2.22. The van der Waals surface area contributed by atoms with Crippen molar-refractivity contribution in [2.75, 3.05) is 13.1 Å². The molecule has 0 aliphatic rings. The molecular weight excluding hydrogens is 178 g/mol. The van der Waals surface area contributed by atoms with Crippen molar-refractivity contribution in [1.82, 2.24) is 4.90 Å². The molecule has 14 heavy (non-hydrogen) atoms. The lowest BCUT2D eigenvalue weighted by Crippen LogP contribution is -2.41. The fourth-order valence-corrected chi connectivity index (χ4v) is 1.56. The summed E-state index contributed by atoms with van der Waals surface area (Å²) < 4.78 is 0. The molecule has 82 valence electrons. The minimum Gasteiger partial charge on any atom is -0.480 e. The topological polar surface area (TPSA) is 40.5 Å². The molecule has 0 aromatic heterocycles. The monoisotopic (exact) mass is 199 g/mol. The molecule has 3 nitrogen and oxygen atoms in total. The van der Waals surface area contributed by atoms with Crippen LogP contribution in [0.4, 0.5) is 0 Å². The van der Waals surface area contributed by atoms with Crippen LogP contribution in [0.15, 0.2) is 12.7 Å². The summed E-state index contributed by atoms with van der Waals surface area (Å²) in [5, 5.41) is 9.04. The average molecular weight is 199 g/mol. The zero-order valence-corrected chi connectivity index (χ0v) is 9.20. The highest BCUT2D eigenvalue weighted by atomic mass is 16.4. The van der Waals surface area contributed by atoms with Gasteiger partial charge < -0.3 is 5.11 Å². The zero-order chi connectivity index (χ0) is 11.0. The van der Waals surface area contributed by atoms with Gasteiger partial charge in [0.1, 0.15) is 6.04 Å². The number of aliphatic carboxylic acids is 1. The molecule has 0 rings (SSSR count). The van der Waals surface area contributed by atoms with Crippen molar-refractivity contribution in [3.63, 3.8) is 0 Å². The van der Waals surface area contributed by atoms with Crippen LogP contribution in [0.5, 0.6) is 0 Å². The molecule has 3 heteroatoms. The first-order chi connectivity index (χ1) is 6.67. The van der Waals surface area contributed by atoms with Crippen LogP contribution in [0.1, 0.15) is 33.1 Å². The maximum Gasteiger partial charge on any atom is 0.321 e. The molecule has 0 saturated heterocycles. The van der Waals surface area contributed by atoms with E-state index < -0.39 is 12.0 Å². The van der Waals surface area contributed by atoms with Crippen LogP contribution in [0.3, 0.4) is 0 Å². The van der Waals surface area contributed by atoms with Gasteiger partial charge in [0, 0.05) is 0 Å². The van der Waals surface area contributed by atoms with E-state index in [1.54, 1.807) is 6.08 Å². The van der Waals surface area contributed by atoms with E-state index in [9.17, 15) is 4.79 Å². The van der Waals surface area contributed by atoms with Crippen molar-refractivity contribution in [2.45, 2.75) is 39.2 Å². The third kappa shape index (κ3) is 4.42. The van der Waals surface area contributed by atoms with E-state index in [1.807, 2.05) is 4.90 Å². The van der Waals surface area contributed by atoms with E-state index in [0.717, 1.165) is 25.9 Å². The fourth-order valence-electron chi connectivity index (χ4n) is 1.56. The molecule has 1 atom stereocenters. The largest absolute Gasteiger partial charge is 0.480 e. The highest BCUT2D eigenvalue weighted by Crippen LogP contribution is 2.07. The summed E-state index contributed by atoms with van der Waals surface area (Å²) in [6.45, 7) is 9.42. The first-order valence-corrected chi connectivity index (χ1v) is 5.25. The molecule has 0 aliphatic heterocycles. The standard InChI is InChI=1S/C11H21NO2/c1-4-7-10(11(13)14)12(8-5-2)9-6-3/h4,10H,1,5-9H2,2-3H3,(H,13,14). The third-order valence-electron chi connectivity index (χ3n) is 2.14. The molecule has 0 heterocycles. The van der Waals surface area contributed by atoms with Crippen molar-refractivity contribution in [3.8, 4) is 0 Å². The van der Waals surface area contributed by atoms with Crippen LogP contribution in [0, 0.1) is 0 Å². The lowest BCUT2D eigenvalue weighted by atomic mass is 10.1. The van der Waals surface area contributed by atoms with Gasteiger partial charge in [0.05, 0.1) is 0 Å². The number of hydrogen-bond donors (Lipinski definition) is 1. The van der Waals surface area contributed by atoms with E-state index in [1.165, 1.54) is 0 Å². The van der Waals surface area contributed by atoms with Crippen molar-refractivity contribution in [3.05, 3.63) is 12.7 Å². The minimum absolute atomic E-state index is 0.396. The minimum atomic E-state index is -0.744. The summed E-state index contributed by atoms with van der Waals surface area (Å²) >= 11 is 0. The SMILES string of the molecule is C=CCC(C(=O)O)N(CCC)CCC. The molecule has 0 radical (unpaired) electrons. The second kappa shape index (κ2) is 7.56. The highest BCUT2D eigenvalue weighted by molar-refractivity contribution is 5.73. The summed E-state index contributed by atoms with van der Waals surface area (Å²) in [7, 11) is 0. The van der Waals surface area contributed by atoms with Gasteiger partial charge in [-0.05, 0) is 32.4 Å². The van der Waals surface area contributed by atoms with Crippen LogP contribution in [0.2, 0.25) is 0 Å². The van der Waals surface area contributed by atoms with Gasteiger partial charge in [-0.2, -0.15) is 0 Å². The van der Waals surface area contributed by atoms with Gasteiger partial charge >= 0.3 is 5.97 Å². The molecule has 1 N–H and O–H groups in total. The van der Waals surface area contributed by atoms with Gasteiger partial charge in [-0.3, -0.25) is 9.69 Å². The quantitative estimate of drug-likeness (QED) is 0.609. The molecular formula is C11H21NO2. The van der Waals surface area contributed by atoms with Crippen LogP contribution in [-0.4, -0.2) is 35.1 Å². The fraction of sp³-hybridized carbons (Fsp3) is 0.727. The molecule has 1 unspecified atom stereocenters. The molecule has 0 spiro atoms. The molecule has 0 bridgehead atoms. The van der Waals surface area contributed by atoms with E-state index in [-0.39, 0.29) is 0 Å². The maximum atomic E-state index is 11.0. The first kappa shape index (κ1) is 13.2. The lowest BCUT2D eigenvalue weighted by Gasteiger charge is -2.27. The average Bonchev–Trinajstić information content (AvgIpc) is 2.13. The number of nitrogens with zero attached hydrogens (tertiary/aromatic N) is 1. The van der Waals surface area contributed by atoms with Crippen LogP contribution >= 0.6 is 0 Å². The molecule has 0 amide bonds. The number of hydrogen-bond acceptors (Lipinski definition) is 2. The first-order valence-electron chi connectivity index (χ1n) is 5.25. The van der Waals surface area contributed by atoms with Gasteiger partial charge in [0.2, 0.25) is 0 Å². The van der Waals surface area contributed by atoms with E-state index >= 15 is 0 Å². The van der Waals surface area contributed by atoms with Gasteiger partial charge in [-0.1, -0.05) is 19.9 Å². The Bertz CT molecular complexity index is 174. The van der Waals surface area contributed by atoms with E-state index in [4.69, 9.17) is 5.11 Å². The van der Waals surface area contributed by atoms with Gasteiger partial charge in [0.25, 0.3) is 0 Å². The van der Waals surface area contributed by atoms with Crippen molar-refractivity contribution in [2.24, 2.45) is 0 Å². The predicted molar refractivity (Wildman–Crippen MR) is 58.4 cm³/mol. The Morgan fingerprint density at radius 3 is 2.21 bits per heavy atom. The summed E-state index contributed by atoms with van der Waals surface area (Å²) in [5.74, 6) is -0.744. The third-order valence-corrected chi connectivity index (χ3v) is 2.14. The van der Waals surface area contributed by atoms with Gasteiger partial charge in [-0.25, -0.2) is 0 Å². The summed E-state index contributed by atoms with van der Waals surface area (Å²) in [6.07, 6.45) is 4.17. The number of carboxylic acids is 1. The lowest BCUT2D eigenvalue weighted by molar-refractivity contribution is -0.143. The second-order valence-corrected chi connectivity index (χ2v) is 3.41. The van der Waals surface area contributed by atoms with Gasteiger partial charge in [-0.15, -0.1) is 6.58 Å². The molecule has 0 aliphatic carbocycles. The van der Waals surface area contributed by atoms with E-state index in [2.05, 4.69) is 20.4 Å². The number of carbonyl (C=O) groups is 1. The molecule has 0 fully saturated rings. The summed E-state index contributed by atoms with van der Waals surface area (Å²) in [4.78, 5) is 13.0. The van der Waals surface area contributed by atoms with Crippen molar-refractivity contribution in [1.29, 1.82) is 0 Å². The maximum absolute atomic E-state index is 11.0. The molecule has 0 aromatic carbocycles. The Balaban J connectivity index is 4.36. The Kier molecular flexibility index (Phi) is 7.11. The van der Waals surface area contributed by atoms with Crippen LogP contribution in [0.25, 0.3) is 0 Å². The number of rotatable bonds is 8. The summed E-state index contributed by atoms with van der Waals surface area (Å²) in [6, 6.07) is -0.396. The van der Waals surface area contributed by atoms with Crippen LogP contribution < -0.4 is 0 Å². The Hall–Kier alpha value is -0.830. The zero-order valence-electron chi connectivity index (χ0n) is 9.20. The van der Waals surface area contributed by atoms with Gasteiger partial charge in [0.15, 0.2) is 0 Å². The van der Waals surface area contributed by atoms with Crippen molar-refractivity contribution < 1.29 is 9.90 Å². The normalized spacial score (nSPS) is 12.8. The smallest absolute Gasteiger partial charge is 0.321 e. The summed E-state index contributed by atoms with van der Waals surface area (Å²) in [5.41, 5.74) is 0. The predicted octanol–water partition coefficient (Wildman–Crippen LogP) is 2.14. The second-order valence-electron chi connectivity index (χ2n) is 3.41. The van der Waals surface area contributed by atoms with E-state index in [0.29, 0.717) is 6.42 Å².